The van der Waals surface area contributed by atoms with Gasteiger partial charge in [-0.05, 0) is 6.42 Å². The molecule has 0 aromatic carbocycles. The molecular formula is C14H23N3O3S. The van der Waals surface area contributed by atoms with E-state index in [0.717, 1.165) is 19.4 Å². The van der Waals surface area contributed by atoms with E-state index in [1.54, 1.807) is 30.0 Å². The maximum absolute atomic E-state index is 12.2. The fourth-order valence-corrected chi connectivity index (χ4v) is 2.45. The quantitative estimate of drug-likeness (QED) is 0.754. The van der Waals surface area contributed by atoms with E-state index in [1.165, 1.54) is 11.3 Å². The van der Waals surface area contributed by atoms with Gasteiger partial charge in [0.15, 0.2) is 5.13 Å². The number of carboxylic acid groups (broad SMARTS) is 1. The highest BCUT2D eigenvalue weighted by atomic mass is 32.1. The van der Waals surface area contributed by atoms with Gasteiger partial charge in [-0.3, -0.25) is 9.59 Å². The van der Waals surface area contributed by atoms with Gasteiger partial charge in [0.1, 0.15) is 0 Å². The molecule has 1 amide bonds. The third-order valence-corrected chi connectivity index (χ3v) is 4.04. The normalized spacial score (nSPS) is 12.0. The van der Waals surface area contributed by atoms with Gasteiger partial charge in [-0.25, -0.2) is 4.98 Å². The van der Waals surface area contributed by atoms with Gasteiger partial charge in [0.05, 0.1) is 12.5 Å². The standard InChI is InChI=1S/C14H23N3O3S/c1-4-5-7-16(3)12(18)10-17(9-11(2)13(19)20)14-15-6-8-21-14/h6,8,11H,4-5,7,9-10H2,1-3H3,(H,19,20). The minimum Gasteiger partial charge on any atom is -0.481 e. The lowest BCUT2D eigenvalue weighted by molar-refractivity contribution is -0.141. The van der Waals surface area contributed by atoms with Crippen molar-refractivity contribution in [2.45, 2.75) is 26.7 Å². The van der Waals surface area contributed by atoms with E-state index in [0.29, 0.717) is 5.13 Å². The number of anilines is 1. The minimum absolute atomic E-state index is 0.0174. The summed E-state index contributed by atoms with van der Waals surface area (Å²) < 4.78 is 0. The van der Waals surface area contributed by atoms with Gasteiger partial charge in [-0.15, -0.1) is 11.3 Å². The molecule has 1 atom stereocenters. The van der Waals surface area contributed by atoms with E-state index in [1.807, 2.05) is 5.38 Å². The summed E-state index contributed by atoms with van der Waals surface area (Å²) in [5, 5.41) is 11.5. The monoisotopic (exact) mass is 313 g/mol. The van der Waals surface area contributed by atoms with Crippen LogP contribution < -0.4 is 4.90 Å². The Kier molecular flexibility index (Phi) is 7.14. The number of nitrogens with zero attached hydrogens (tertiary/aromatic N) is 3. The van der Waals surface area contributed by atoms with Gasteiger partial charge in [-0.1, -0.05) is 20.3 Å². The van der Waals surface area contributed by atoms with Crippen LogP contribution in [0.25, 0.3) is 0 Å². The van der Waals surface area contributed by atoms with Crippen molar-refractivity contribution in [2.75, 3.05) is 31.6 Å². The molecular weight excluding hydrogens is 290 g/mol. The number of unbranched alkanes of at least 4 members (excludes halogenated alkanes) is 1. The molecule has 1 unspecified atom stereocenters. The molecule has 0 saturated carbocycles. The smallest absolute Gasteiger partial charge is 0.308 e. The van der Waals surface area contributed by atoms with Crippen molar-refractivity contribution in [1.82, 2.24) is 9.88 Å². The van der Waals surface area contributed by atoms with Crippen molar-refractivity contribution in [2.24, 2.45) is 5.92 Å². The van der Waals surface area contributed by atoms with Crippen LogP contribution in [0, 0.1) is 5.92 Å². The third-order valence-electron chi connectivity index (χ3n) is 3.20. The number of carbonyl (C=O) groups excluding carboxylic acids is 1. The summed E-state index contributed by atoms with van der Waals surface area (Å²) in [6.07, 6.45) is 3.65. The second-order valence-electron chi connectivity index (χ2n) is 5.10. The third kappa shape index (κ3) is 5.71. The summed E-state index contributed by atoms with van der Waals surface area (Å²) in [5.74, 6) is -1.44. The molecule has 6 nitrogen and oxygen atoms in total. The first kappa shape index (κ1) is 17.4. The largest absolute Gasteiger partial charge is 0.481 e. The number of rotatable bonds is 9. The topological polar surface area (TPSA) is 73.7 Å². The molecule has 0 aliphatic carbocycles. The summed E-state index contributed by atoms with van der Waals surface area (Å²) in [7, 11) is 1.78. The molecule has 1 aromatic rings. The van der Waals surface area contributed by atoms with E-state index in [9.17, 15) is 9.59 Å². The number of aromatic nitrogens is 1. The van der Waals surface area contributed by atoms with Gasteiger partial charge < -0.3 is 14.9 Å². The molecule has 7 heteroatoms. The van der Waals surface area contributed by atoms with Crippen molar-refractivity contribution in [1.29, 1.82) is 0 Å². The average Bonchev–Trinajstić information content (AvgIpc) is 2.97. The van der Waals surface area contributed by atoms with E-state index in [2.05, 4.69) is 11.9 Å². The van der Waals surface area contributed by atoms with Gasteiger partial charge in [0, 0.05) is 31.7 Å². The first-order valence-electron chi connectivity index (χ1n) is 7.06. The van der Waals surface area contributed by atoms with Crippen molar-refractivity contribution in [3.8, 4) is 0 Å². The summed E-state index contributed by atoms with van der Waals surface area (Å²) in [5.41, 5.74) is 0. The fraction of sp³-hybridized carbons (Fsp3) is 0.643. The van der Waals surface area contributed by atoms with Crippen molar-refractivity contribution < 1.29 is 14.7 Å². The lowest BCUT2D eigenvalue weighted by Gasteiger charge is -2.26. The number of hydrogen-bond acceptors (Lipinski definition) is 5. The van der Waals surface area contributed by atoms with Crippen LogP contribution in [0.15, 0.2) is 11.6 Å². The van der Waals surface area contributed by atoms with Gasteiger partial charge in [-0.2, -0.15) is 0 Å². The Morgan fingerprint density at radius 3 is 2.71 bits per heavy atom. The van der Waals surface area contributed by atoms with Crippen LogP contribution in [-0.2, 0) is 9.59 Å². The van der Waals surface area contributed by atoms with Crippen LogP contribution in [0.4, 0.5) is 5.13 Å². The first-order chi connectivity index (χ1) is 9.95. The Morgan fingerprint density at radius 1 is 1.48 bits per heavy atom. The molecule has 0 aliphatic heterocycles. The first-order valence-corrected chi connectivity index (χ1v) is 7.94. The highest BCUT2D eigenvalue weighted by Gasteiger charge is 2.21. The highest BCUT2D eigenvalue weighted by Crippen LogP contribution is 2.19. The number of carbonyl (C=O) groups is 2. The lowest BCUT2D eigenvalue weighted by atomic mass is 10.2. The number of hydrogen-bond donors (Lipinski definition) is 1. The molecule has 1 aromatic heterocycles. The van der Waals surface area contributed by atoms with Crippen LogP contribution in [0.1, 0.15) is 26.7 Å². The molecule has 1 N–H and O–H groups in total. The number of carboxylic acids is 1. The van der Waals surface area contributed by atoms with Gasteiger partial charge in [0.2, 0.25) is 5.91 Å². The Labute approximate surface area is 129 Å². The van der Waals surface area contributed by atoms with Crippen LogP contribution in [0.2, 0.25) is 0 Å². The molecule has 0 saturated heterocycles. The molecule has 0 fully saturated rings. The van der Waals surface area contributed by atoms with Crippen molar-refractivity contribution >= 4 is 28.3 Å². The minimum atomic E-state index is -0.872. The van der Waals surface area contributed by atoms with Crippen LogP contribution in [0.3, 0.4) is 0 Å². The number of likely N-dealkylation sites (N-methyl/N-ethyl adjacent to an activating group) is 1. The highest BCUT2D eigenvalue weighted by molar-refractivity contribution is 7.13. The zero-order valence-corrected chi connectivity index (χ0v) is 13.6. The molecule has 0 radical (unpaired) electrons. The van der Waals surface area contributed by atoms with Gasteiger partial charge in [0.25, 0.3) is 0 Å². The Hall–Kier alpha value is -1.63. The van der Waals surface area contributed by atoms with Gasteiger partial charge >= 0.3 is 5.97 Å². The Balaban J connectivity index is 2.69. The van der Waals surface area contributed by atoms with E-state index in [-0.39, 0.29) is 19.0 Å². The van der Waals surface area contributed by atoms with Crippen LogP contribution in [0.5, 0.6) is 0 Å². The molecule has 0 spiro atoms. The predicted molar refractivity (Wildman–Crippen MR) is 83.7 cm³/mol. The number of thiazole rings is 1. The Morgan fingerprint density at radius 2 is 2.19 bits per heavy atom. The summed E-state index contributed by atoms with van der Waals surface area (Å²) >= 11 is 1.41. The maximum atomic E-state index is 12.2. The Bertz CT molecular complexity index is 450. The summed E-state index contributed by atoms with van der Waals surface area (Å²) in [6.45, 7) is 4.86. The molecule has 1 heterocycles. The molecule has 0 aliphatic rings. The van der Waals surface area contributed by atoms with E-state index in [4.69, 9.17) is 5.11 Å². The second-order valence-corrected chi connectivity index (χ2v) is 5.98. The zero-order valence-electron chi connectivity index (χ0n) is 12.8. The summed E-state index contributed by atoms with van der Waals surface area (Å²) in [4.78, 5) is 30.9. The number of aliphatic carboxylic acids is 1. The van der Waals surface area contributed by atoms with E-state index < -0.39 is 11.9 Å². The lowest BCUT2D eigenvalue weighted by Crippen LogP contribution is -2.41. The average molecular weight is 313 g/mol. The van der Waals surface area contributed by atoms with Crippen molar-refractivity contribution in [3.63, 3.8) is 0 Å². The molecule has 0 bridgehead atoms. The fourth-order valence-electron chi connectivity index (χ4n) is 1.80. The predicted octanol–water partition coefficient (Wildman–Crippen LogP) is 1.93. The maximum Gasteiger partial charge on any atom is 0.308 e. The van der Waals surface area contributed by atoms with E-state index >= 15 is 0 Å². The second kappa shape index (κ2) is 8.61. The van der Waals surface area contributed by atoms with Crippen LogP contribution >= 0.6 is 11.3 Å². The van der Waals surface area contributed by atoms with Crippen LogP contribution in [-0.4, -0.2) is 53.5 Å². The SMILES string of the molecule is CCCCN(C)C(=O)CN(CC(C)C(=O)O)c1nccs1. The zero-order chi connectivity index (χ0) is 15.8. The molecule has 21 heavy (non-hydrogen) atoms. The van der Waals surface area contributed by atoms with Crippen molar-refractivity contribution in [3.05, 3.63) is 11.6 Å². The summed E-state index contributed by atoms with van der Waals surface area (Å²) in [6, 6.07) is 0. The molecule has 1 rings (SSSR count). The molecule has 118 valence electrons. The number of amides is 1.